The van der Waals surface area contributed by atoms with Gasteiger partial charge in [-0.2, -0.15) is 13.2 Å². The summed E-state index contributed by atoms with van der Waals surface area (Å²) in [4.78, 5) is 24.8. The summed E-state index contributed by atoms with van der Waals surface area (Å²) in [5.74, 6) is -0.109. The van der Waals surface area contributed by atoms with E-state index in [-0.39, 0.29) is 25.2 Å². The van der Waals surface area contributed by atoms with Crippen molar-refractivity contribution >= 4 is 11.9 Å². The molecule has 0 radical (unpaired) electrons. The van der Waals surface area contributed by atoms with Gasteiger partial charge >= 0.3 is 12.2 Å². The van der Waals surface area contributed by atoms with E-state index in [9.17, 15) is 22.8 Å². The minimum absolute atomic E-state index is 0.0533. The Morgan fingerprint density at radius 1 is 1.15 bits per heavy atom. The second-order valence-corrected chi connectivity index (χ2v) is 5.64. The predicted octanol–water partition coefficient (Wildman–Crippen LogP) is 2.76. The molecule has 6 nitrogen and oxygen atoms in total. The fourth-order valence-electron chi connectivity index (χ4n) is 2.32. The molecule has 0 saturated carbocycles. The number of hydrogen-bond donors (Lipinski definition) is 2. The fraction of sp³-hybridized carbons (Fsp3) is 0.294. The van der Waals surface area contributed by atoms with Crippen molar-refractivity contribution in [2.75, 3.05) is 13.6 Å². The van der Waals surface area contributed by atoms with Crippen LogP contribution in [0, 0.1) is 0 Å². The number of halogens is 3. The summed E-state index contributed by atoms with van der Waals surface area (Å²) >= 11 is 0. The Balaban J connectivity index is 1.83. The van der Waals surface area contributed by atoms with E-state index in [2.05, 4.69) is 10.6 Å². The van der Waals surface area contributed by atoms with Gasteiger partial charge < -0.3 is 9.73 Å². The Kier molecular flexibility index (Phi) is 6.40. The number of rotatable bonds is 6. The van der Waals surface area contributed by atoms with Gasteiger partial charge in [0.15, 0.2) is 0 Å². The molecule has 1 heterocycles. The topological polar surface area (TPSA) is 74.6 Å². The van der Waals surface area contributed by atoms with Crippen LogP contribution in [0.15, 0.2) is 47.1 Å². The van der Waals surface area contributed by atoms with Crippen molar-refractivity contribution in [3.63, 3.8) is 0 Å². The maximum Gasteiger partial charge on any atom is 0.416 e. The first-order valence-corrected chi connectivity index (χ1v) is 7.69. The number of nitrogens with one attached hydrogen (secondary N) is 2. The molecule has 0 aliphatic rings. The zero-order valence-corrected chi connectivity index (χ0v) is 14.0. The highest BCUT2D eigenvalue weighted by atomic mass is 19.4. The smallest absolute Gasteiger partial charge is 0.416 e. The van der Waals surface area contributed by atoms with Crippen LogP contribution >= 0.6 is 0 Å². The number of nitrogens with zero attached hydrogens (tertiary/aromatic N) is 1. The van der Waals surface area contributed by atoms with Crippen LogP contribution in [0.3, 0.4) is 0 Å². The molecular formula is C17H18F3N3O3. The lowest BCUT2D eigenvalue weighted by molar-refractivity contribution is -0.138. The molecular weight excluding hydrogens is 351 g/mol. The molecule has 140 valence electrons. The lowest BCUT2D eigenvalue weighted by Crippen LogP contribution is -2.43. The van der Waals surface area contributed by atoms with Crippen molar-refractivity contribution in [3.05, 3.63) is 59.5 Å². The second-order valence-electron chi connectivity index (χ2n) is 5.64. The van der Waals surface area contributed by atoms with Crippen molar-refractivity contribution in [2.45, 2.75) is 19.3 Å². The second kappa shape index (κ2) is 8.52. The molecule has 0 fully saturated rings. The SMILES string of the molecule is CN(CC(=O)NC(=O)NCc1ccco1)Cc1ccccc1C(F)(F)F. The first-order chi connectivity index (χ1) is 12.3. The first-order valence-electron chi connectivity index (χ1n) is 7.69. The van der Waals surface area contributed by atoms with Gasteiger partial charge in [-0.15, -0.1) is 0 Å². The largest absolute Gasteiger partial charge is 0.467 e. The third kappa shape index (κ3) is 5.92. The summed E-state index contributed by atoms with van der Waals surface area (Å²) in [7, 11) is 1.49. The summed E-state index contributed by atoms with van der Waals surface area (Å²) in [5, 5.41) is 4.55. The van der Waals surface area contributed by atoms with E-state index in [0.29, 0.717) is 5.76 Å². The number of alkyl halides is 3. The summed E-state index contributed by atoms with van der Waals surface area (Å²) in [6, 6.07) is 7.76. The summed E-state index contributed by atoms with van der Waals surface area (Å²) < 4.78 is 44.0. The van der Waals surface area contributed by atoms with Crippen LogP contribution in [0.4, 0.5) is 18.0 Å². The summed E-state index contributed by atoms with van der Waals surface area (Å²) in [6.07, 6.45) is -3.01. The van der Waals surface area contributed by atoms with Crippen molar-refractivity contribution in [1.29, 1.82) is 0 Å². The van der Waals surface area contributed by atoms with Crippen LogP contribution in [0.1, 0.15) is 16.9 Å². The average Bonchev–Trinajstić information content (AvgIpc) is 3.05. The average molecular weight is 369 g/mol. The molecule has 1 aromatic carbocycles. The summed E-state index contributed by atoms with van der Waals surface area (Å²) in [6.45, 7) is -0.210. The zero-order chi connectivity index (χ0) is 19.2. The van der Waals surface area contributed by atoms with E-state index in [1.807, 2.05) is 0 Å². The molecule has 0 saturated heterocycles. The van der Waals surface area contributed by atoms with Gasteiger partial charge in [-0.1, -0.05) is 18.2 Å². The number of amides is 3. The molecule has 0 spiro atoms. The van der Waals surface area contributed by atoms with Gasteiger partial charge in [0.25, 0.3) is 0 Å². The van der Waals surface area contributed by atoms with E-state index in [1.54, 1.807) is 12.1 Å². The van der Waals surface area contributed by atoms with Crippen molar-refractivity contribution in [2.24, 2.45) is 0 Å². The minimum Gasteiger partial charge on any atom is -0.467 e. The van der Waals surface area contributed by atoms with E-state index >= 15 is 0 Å². The quantitative estimate of drug-likeness (QED) is 0.821. The van der Waals surface area contributed by atoms with Crippen LogP contribution in [-0.4, -0.2) is 30.4 Å². The predicted molar refractivity (Wildman–Crippen MR) is 86.9 cm³/mol. The van der Waals surface area contributed by atoms with Gasteiger partial charge in [0.05, 0.1) is 24.9 Å². The number of furan rings is 1. The van der Waals surface area contributed by atoms with Crippen LogP contribution in [0.5, 0.6) is 0 Å². The molecule has 0 bridgehead atoms. The molecule has 2 aromatic rings. The number of urea groups is 1. The lowest BCUT2D eigenvalue weighted by atomic mass is 10.1. The van der Waals surface area contributed by atoms with E-state index < -0.39 is 23.7 Å². The van der Waals surface area contributed by atoms with Gasteiger partial charge in [0.2, 0.25) is 5.91 Å². The molecule has 2 rings (SSSR count). The number of imide groups is 1. The maximum atomic E-state index is 13.0. The normalized spacial score (nSPS) is 11.4. The molecule has 3 amide bonds. The van der Waals surface area contributed by atoms with Gasteiger partial charge in [-0.05, 0) is 30.8 Å². The number of likely N-dealkylation sites (N-methyl/N-ethyl adjacent to an activating group) is 1. The molecule has 26 heavy (non-hydrogen) atoms. The Labute approximate surface area is 148 Å². The van der Waals surface area contributed by atoms with Crippen LogP contribution in [0.25, 0.3) is 0 Å². The van der Waals surface area contributed by atoms with Crippen LogP contribution < -0.4 is 10.6 Å². The Bertz CT molecular complexity index is 745. The third-order valence-electron chi connectivity index (χ3n) is 3.43. The standard InChI is InChI=1S/C17H18F3N3O3/c1-23(10-12-5-2-3-7-14(12)17(18,19)20)11-15(24)22-16(25)21-9-13-6-4-8-26-13/h2-8H,9-11H2,1H3,(H2,21,22,24,25). The van der Waals surface area contributed by atoms with Crippen molar-refractivity contribution in [3.8, 4) is 0 Å². The zero-order valence-electron chi connectivity index (χ0n) is 14.0. The Morgan fingerprint density at radius 2 is 1.88 bits per heavy atom. The third-order valence-corrected chi connectivity index (χ3v) is 3.43. The maximum absolute atomic E-state index is 13.0. The first kappa shape index (κ1) is 19.5. The Morgan fingerprint density at radius 3 is 2.54 bits per heavy atom. The van der Waals surface area contributed by atoms with Gasteiger partial charge in [-0.3, -0.25) is 15.0 Å². The molecule has 1 aromatic heterocycles. The fourth-order valence-corrected chi connectivity index (χ4v) is 2.32. The van der Waals surface area contributed by atoms with Gasteiger partial charge in [0, 0.05) is 6.54 Å². The molecule has 9 heteroatoms. The molecule has 0 unspecified atom stereocenters. The number of carbonyl (C=O) groups excluding carboxylic acids is 2. The van der Waals surface area contributed by atoms with Gasteiger partial charge in [0.1, 0.15) is 5.76 Å². The minimum atomic E-state index is -4.47. The Hall–Kier alpha value is -2.81. The van der Waals surface area contributed by atoms with E-state index in [0.717, 1.165) is 6.07 Å². The van der Waals surface area contributed by atoms with Crippen molar-refractivity contribution < 1.29 is 27.2 Å². The summed E-state index contributed by atoms with van der Waals surface area (Å²) in [5.41, 5.74) is -0.694. The highest BCUT2D eigenvalue weighted by molar-refractivity contribution is 5.95. The highest BCUT2D eigenvalue weighted by Crippen LogP contribution is 2.32. The number of carbonyl (C=O) groups is 2. The van der Waals surface area contributed by atoms with Crippen LogP contribution in [0.2, 0.25) is 0 Å². The van der Waals surface area contributed by atoms with Gasteiger partial charge in [-0.25, -0.2) is 4.79 Å². The number of hydrogen-bond acceptors (Lipinski definition) is 4. The van der Waals surface area contributed by atoms with E-state index in [4.69, 9.17) is 4.42 Å². The monoisotopic (exact) mass is 369 g/mol. The number of benzene rings is 1. The highest BCUT2D eigenvalue weighted by Gasteiger charge is 2.33. The van der Waals surface area contributed by atoms with Crippen molar-refractivity contribution in [1.82, 2.24) is 15.5 Å². The molecule has 0 aliphatic carbocycles. The molecule has 0 aliphatic heterocycles. The van der Waals surface area contributed by atoms with E-state index in [1.165, 1.54) is 36.4 Å². The van der Waals surface area contributed by atoms with Crippen LogP contribution in [-0.2, 0) is 24.1 Å². The molecule has 0 atom stereocenters. The molecule has 2 N–H and O–H groups in total. The lowest BCUT2D eigenvalue weighted by Gasteiger charge is -2.19.